The van der Waals surface area contributed by atoms with Crippen LogP contribution < -0.4 is 10.3 Å². The third kappa shape index (κ3) is 4.18. The number of amides is 1. The summed E-state index contributed by atoms with van der Waals surface area (Å²) in [4.78, 5) is 17.3. The molecule has 21 heavy (non-hydrogen) atoms. The van der Waals surface area contributed by atoms with Crippen molar-refractivity contribution >= 4 is 15.9 Å². The molecule has 116 valence electrons. The molecule has 1 aromatic carbocycles. The summed E-state index contributed by atoms with van der Waals surface area (Å²) in [5, 5.41) is 0. The minimum atomic E-state index is -3.24. The first-order valence-corrected chi connectivity index (χ1v) is 8.63. The van der Waals surface area contributed by atoms with E-state index in [0.717, 1.165) is 0 Å². The largest absolute Gasteiger partial charge is 0.380 e. The van der Waals surface area contributed by atoms with E-state index in [1.807, 2.05) is 6.07 Å². The summed E-state index contributed by atoms with van der Waals surface area (Å²) in [5.74, 6) is -0.0553. The zero-order valence-electron chi connectivity index (χ0n) is 12.0. The maximum atomic E-state index is 12.1. The molecule has 0 saturated carbocycles. The summed E-state index contributed by atoms with van der Waals surface area (Å²) < 4.78 is 25.1. The average molecular weight is 312 g/mol. The molecule has 1 atom stereocenters. The Labute approximate surface area is 125 Å². The van der Waals surface area contributed by atoms with Crippen LogP contribution in [0.1, 0.15) is 19.8 Å². The second kappa shape index (κ2) is 6.91. The van der Waals surface area contributed by atoms with Crippen LogP contribution >= 0.6 is 0 Å². The van der Waals surface area contributed by atoms with Crippen LogP contribution in [0.4, 0.5) is 0 Å². The highest BCUT2D eigenvalue weighted by molar-refractivity contribution is 7.89. The minimum Gasteiger partial charge on any atom is -0.380 e. The lowest BCUT2D eigenvalue weighted by atomic mass is 9.99. The molecule has 1 aliphatic rings. The lowest BCUT2D eigenvalue weighted by molar-refractivity contribution is -0.132. The third-order valence-electron chi connectivity index (χ3n) is 3.53. The molecule has 1 unspecified atom stereocenters. The van der Waals surface area contributed by atoms with E-state index in [-0.39, 0.29) is 24.1 Å². The first-order valence-electron chi connectivity index (χ1n) is 7.02. The topological polar surface area (TPSA) is 75.7 Å². The van der Waals surface area contributed by atoms with E-state index in [9.17, 15) is 13.2 Å². The molecule has 0 radical (unpaired) electrons. The molecule has 1 fully saturated rings. The molecule has 2 rings (SSSR count). The highest BCUT2D eigenvalue weighted by atomic mass is 32.2. The van der Waals surface area contributed by atoms with Crippen LogP contribution in [-0.2, 0) is 14.8 Å². The molecule has 1 heterocycles. The van der Waals surface area contributed by atoms with Crippen LogP contribution in [0.15, 0.2) is 30.3 Å². The summed E-state index contributed by atoms with van der Waals surface area (Å²) in [6.07, 6.45) is 1.35. The van der Waals surface area contributed by atoms with Gasteiger partial charge in [-0.05, 0) is 31.9 Å². The fraction of sp³-hybridized carbons (Fsp3) is 0.500. The SMILES string of the molecule is CCS(=O)(=O)N1CCCC(C(=O)NOc2ccccc2)C1. The number of hydrogen-bond donors (Lipinski definition) is 1. The van der Waals surface area contributed by atoms with Gasteiger partial charge in [0.2, 0.25) is 10.0 Å². The van der Waals surface area contributed by atoms with E-state index in [1.54, 1.807) is 31.2 Å². The first-order chi connectivity index (χ1) is 10.0. The average Bonchev–Trinajstić information content (AvgIpc) is 2.53. The molecule has 1 aromatic rings. The Kier molecular flexibility index (Phi) is 5.19. The maximum absolute atomic E-state index is 12.1. The molecule has 1 aliphatic heterocycles. The third-order valence-corrected chi connectivity index (χ3v) is 5.37. The Morgan fingerprint density at radius 1 is 1.38 bits per heavy atom. The summed E-state index contributed by atoms with van der Waals surface area (Å²) in [6, 6.07) is 8.92. The molecule has 1 amide bonds. The highest BCUT2D eigenvalue weighted by Crippen LogP contribution is 2.19. The van der Waals surface area contributed by atoms with Gasteiger partial charge in [0, 0.05) is 13.1 Å². The molecule has 0 bridgehead atoms. The van der Waals surface area contributed by atoms with Crippen LogP contribution in [-0.4, -0.2) is 37.5 Å². The van der Waals surface area contributed by atoms with Crippen molar-refractivity contribution in [3.8, 4) is 5.75 Å². The van der Waals surface area contributed by atoms with E-state index in [2.05, 4.69) is 5.48 Å². The number of piperidine rings is 1. The summed E-state index contributed by atoms with van der Waals surface area (Å²) in [7, 11) is -3.24. The van der Waals surface area contributed by atoms with Crippen LogP contribution in [0.3, 0.4) is 0 Å². The van der Waals surface area contributed by atoms with Crippen molar-refractivity contribution in [2.75, 3.05) is 18.8 Å². The lowest BCUT2D eigenvalue weighted by Crippen LogP contribution is -2.46. The maximum Gasteiger partial charge on any atom is 0.257 e. The van der Waals surface area contributed by atoms with Crippen molar-refractivity contribution in [1.82, 2.24) is 9.79 Å². The van der Waals surface area contributed by atoms with Gasteiger partial charge in [0.25, 0.3) is 5.91 Å². The van der Waals surface area contributed by atoms with Gasteiger partial charge in [0.1, 0.15) is 0 Å². The highest BCUT2D eigenvalue weighted by Gasteiger charge is 2.31. The number of sulfonamides is 1. The van der Waals surface area contributed by atoms with Gasteiger partial charge >= 0.3 is 0 Å². The number of hydrogen-bond acceptors (Lipinski definition) is 4. The number of hydroxylamine groups is 1. The monoisotopic (exact) mass is 312 g/mol. The smallest absolute Gasteiger partial charge is 0.257 e. The van der Waals surface area contributed by atoms with Gasteiger partial charge in [0.05, 0.1) is 11.7 Å². The number of para-hydroxylation sites is 1. The Bertz CT molecular complexity index is 574. The minimum absolute atomic E-state index is 0.0574. The van der Waals surface area contributed by atoms with E-state index in [0.29, 0.717) is 25.1 Å². The normalized spacial score (nSPS) is 20.0. The molecule has 6 nitrogen and oxygen atoms in total. The van der Waals surface area contributed by atoms with Gasteiger partial charge in [0.15, 0.2) is 5.75 Å². The van der Waals surface area contributed by atoms with Crippen LogP contribution in [0.2, 0.25) is 0 Å². The van der Waals surface area contributed by atoms with E-state index in [1.165, 1.54) is 4.31 Å². The Hall–Kier alpha value is -1.60. The quantitative estimate of drug-likeness (QED) is 0.828. The number of carbonyl (C=O) groups is 1. The van der Waals surface area contributed by atoms with Crippen molar-refractivity contribution < 1.29 is 18.0 Å². The van der Waals surface area contributed by atoms with Gasteiger partial charge in [-0.2, -0.15) is 5.48 Å². The van der Waals surface area contributed by atoms with Gasteiger partial charge in [-0.25, -0.2) is 12.7 Å². The van der Waals surface area contributed by atoms with E-state index >= 15 is 0 Å². The predicted molar refractivity (Wildman–Crippen MR) is 79.0 cm³/mol. The van der Waals surface area contributed by atoms with Crippen LogP contribution in [0.25, 0.3) is 0 Å². The second-order valence-electron chi connectivity index (χ2n) is 4.98. The second-order valence-corrected chi connectivity index (χ2v) is 7.24. The summed E-state index contributed by atoms with van der Waals surface area (Å²) in [6.45, 7) is 2.32. The number of carbonyl (C=O) groups excluding carboxylic acids is 1. The fourth-order valence-corrected chi connectivity index (χ4v) is 3.45. The zero-order chi connectivity index (χ0) is 15.3. The summed E-state index contributed by atoms with van der Waals surface area (Å²) in [5.41, 5.74) is 2.40. The van der Waals surface area contributed by atoms with Gasteiger partial charge in [-0.3, -0.25) is 4.79 Å². The number of rotatable bonds is 5. The molecule has 0 aromatic heterocycles. The molecular weight excluding hydrogens is 292 g/mol. The first kappa shape index (κ1) is 15.8. The standard InChI is InChI=1S/C14H20N2O4S/c1-2-21(18,19)16-10-6-7-12(11-16)14(17)15-20-13-8-4-3-5-9-13/h3-5,8-9,12H,2,6-7,10-11H2,1H3,(H,15,17). The van der Waals surface area contributed by atoms with E-state index < -0.39 is 10.0 Å². The van der Waals surface area contributed by atoms with Crippen molar-refractivity contribution in [3.63, 3.8) is 0 Å². The van der Waals surface area contributed by atoms with Crippen molar-refractivity contribution in [2.45, 2.75) is 19.8 Å². The van der Waals surface area contributed by atoms with E-state index in [4.69, 9.17) is 4.84 Å². The number of nitrogens with zero attached hydrogens (tertiary/aromatic N) is 1. The number of nitrogens with one attached hydrogen (secondary N) is 1. The van der Waals surface area contributed by atoms with Crippen molar-refractivity contribution in [2.24, 2.45) is 5.92 Å². The Balaban J connectivity index is 1.90. The molecule has 1 saturated heterocycles. The predicted octanol–water partition coefficient (Wildman–Crippen LogP) is 1.16. The molecule has 7 heteroatoms. The Morgan fingerprint density at radius 3 is 2.76 bits per heavy atom. The van der Waals surface area contributed by atoms with Crippen LogP contribution in [0.5, 0.6) is 5.75 Å². The van der Waals surface area contributed by atoms with Crippen molar-refractivity contribution in [1.29, 1.82) is 0 Å². The van der Waals surface area contributed by atoms with Gasteiger partial charge < -0.3 is 4.84 Å². The molecule has 1 N–H and O–H groups in total. The van der Waals surface area contributed by atoms with Crippen LogP contribution in [0, 0.1) is 5.92 Å². The molecule has 0 aliphatic carbocycles. The lowest BCUT2D eigenvalue weighted by Gasteiger charge is -2.30. The Morgan fingerprint density at radius 2 is 2.10 bits per heavy atom. The zero-order valence-corrected chi connectivity index (χ0v) is 12.8. The summed E-state index contributed by atoms with van der Waals surface area (Å²) >= 11 is 0. The fourth-order valence-electron chi connectivity index (χ4n) is 2.27. The van der Waals surface area contributed by atoms with Gasteiger partial charge in [-0.15, -0.1) is 0 Å². The van der Waals surface area contributed by atoms with Gasteiger partial charge in [-0.1, -0.05) is 18.2 Å². The molecular formula is C14H20N2O4S. The van der Waals surface area contributed by atoms with Crippen molar-refractivity contribution in [3.05, 3.63) is 30.3 Å². The molecule has 0 spiro atoms. The number of benzene rings is 1.